The molecule has 1 saturated heterocycles. The van der Waals surface area contributed by atoms with E-state index in [-0.39, 0.29) is 5.54 Å². The van der Waals surface area contributed by atoms with Gasteiger partial charge in [-0.05, 0) is 55.9 Å². The summed E-state index contributed by atoms with van der Waals surface area (Å²) in [6.07, 6.45) is 7.90. The maximum atomic E-state index is 6.29. The Labute approximate surface area is 131 Å². The maximum Gasteiger partial charge on any atom is 0.0503 e. The van der Waals surface area contributed by atoms with Gasteiger partial charge in [-0.2, -0.15) is 0 Å². The molecule has 2 N–H and O–H groups in total. The van der Waals surface area contributed by atoms with Crippen molar-refractivity contribution in [2.24, 2.45) is 23.0 Å². The van der Waals surface area contributed by atoms with Gasteiger partial charge in [0.25, 0.3) is 0 Å². The highest BCUT2D eigenvalue weighted by Crippen LogP contribution is 2.42. The second kappa shape index (κ2) is 6.97. The van der Waals surface area contributed by atoms with Crippen LogP contribution in [0.4, 0.5) is 0 Å². The van der Waals surface area contributed by atoms with Crippen LogP contribution in [0.3, 0.4) is 0 Å². The SMILES string of the molecule is COCC1CCN(C2(CN)CCCC(C(C)(C)C)CC2)C1. The first kappa shape index (κ1) is 17.2. The molecule has 21 heavy (non-hydrogen) atoms. The highest BCUT2D eigenvalue weighted by Gasteiger charge is 2.42. The van der Waals surface area contributed by atoms with Crippen LogP contribution in [0.5, 0.6) is 0 Å². The molecule has 0 aromatic carbocycles. The lowest BCUT2D eigenvalue weighted by atomic mass is 9.76. The van der Waals surface area contributed by atoms with Crippen molar-refractivity contribution < 1.29 is 4.74 Å². The first-order valence-electron chi connectivity index (χ1n) is 8.85. The molecule has 3 heteroatoms. The summed E-state index contributed by atoms with van der Waals surface area (Å²) in [6.45, 7) is 11.3. The second-order valence-electron chi connectivity index (χ2n) is 8.48. The monoisotopic (exact) mass is 296 g/mol. The molecule has 2 fully saturated rings. The van der Waals surface area contributed by atoms with E-state index in [1.54, 1.807) is 0 Å². The van der Waals surface area contributed by atoms with Gasteiger partial charge < -0.3 is 10.5 Å². The lowest BCUT2D eigenvalue weighted by Gasteiger charge is -2.41. The van der Waals surface area contributed by atoms with Crippen molar-refractivity contribution in [1.29, 1.82) is 0 Å². The second-order valence-corrected chi connectivity index (χ2v) is 8.48. The Balaban J connectivity index is 2.02. The summed E-state index contributed by atoms with van der Waals surface area (Å²) in [5.74, 6) is 1.56. The summed E-state index contributed by atoms with van der Waals surface area (Å²) in [7, 11) is 1.82. The van der Waals surface area contributed by atoms with Crippen molar-refractivity contribution in [3.63, 3.8) is 0 Å². The van der Waals surface area contributed by atoms with E-state index in [0.717, 1.165) is 19.1 Å². The van der Waals surface area contributed by atoms with Gasteiger partial charge in [0.1, 0.15) is 0 Å². The maximum absolute atomic E-state index is 6.29. The number of ether oxygens (including phenoxy) is 1. The summed E-state index contributed by atoms with van der Waals surface area (Å²) in [5.41, 5.74) is 6.99. The normalized spacial score (nSPS) is 35.9. The van der Waals surface area contributed by atoms with Crippen LogP contribution in [0.25, 0.3) is 0 Å². The Hall–Kier alpha value is -0.120. The molecule has 1 aliphatic carbocycles. The molecule has 0 amide bonds. The van der Waals surface area contributed by atoms with Gasteiger partial charge in [-0.3, -0.25) is 4.90 Å². The number of nitrogens with two attached hydrogens (primary N) is 1. The lowest BCUT2D eigenvalue weighted by Crippen LogP contribution is -2.52. The van der Waals surface area contributed by atoms with Crippen molar-refractivity contribution in [2.45, 2.75) is 64.8 Å². The molecule has 2 rings (SSSR count). The van der Waals surface area contributed by atoms with Gasteiger partial charge in [0.05, 0.1) is 6.61 Å². The number of methoxy groups -OCH3 is 1. The molecule has 0 aromatic heterocycles. The molecule has 0 spiro atoms. The fourth-order valence-electron chi connectivity index (χ4n) is 4.54. The fourth-order valence-corrected chi connectivity index (χ4v) is 4.54. The number of likely N-dealkylation sites (tertiary alicyclic amines) is 1. The van der Waals surface area contributed by atoms with Crippen molar-refractivity contribution in [1.82, 2.24) is 4.90 Å². The van der Waals surface area contributed by atoms with E-state index in [1.807, 2.05) is 7.11 Å². The van der Waals surface area contributed by atoms with Gasteiger partial charge in [0.2, 0.25) is 0 Å². The Morgan fingerprint density at radius 3 is 2.57 bits per heavy atom. The topological polar surface area (TPSA) is 38.5 Å². The largest absolute Gasteiger partial charge is 0.384 e. The molecule has 3 unspecified atom stereocenters. The predicted molar refractivity (Wildman–Crippen MR) is 89.4 cm³/mol. The predicted octanol–water partition coefficient (Wildman–Crippen LogP) is 3.28. The molecule has 3 nitrogen and oxygen atoms in total. The smallest absolute Gasteiger partial charge is 0.0503 e. The molecule has 0 aromatic rings. The van der Waals surface area contributed by atoms with Crippen molar-refractivity contribution in [3.05, 3.63) is 0 Å². The molecule has 1 aliphatic heterocycles. The molecule has 0 radical (unpaired) electrons. The summed E-state index contributed by atoms with van der Waals surface area (Å²) in [4.78, 5) is 2.71. The van der Waals surface area contributed by atoms with Crippen LogP contribution in [0.1, 0.15) is 59.3 Å². The molecule has 124 valence electrons. The van der Waals surface area contributed by atoms with Crippen LogP contribution >= 0.6 is 0 Å². The fraction of sp³-hybridized carbons (Fsp3) is 1.00. The van der Waals surface area contributed by atoms with E-state index in [4.69, 9.17) is 10.5 Å². The van der Waals surface area contributed by atoms with E-state index in [1.165, 1.54) is 51.6 Å². The van der Waals surface area contributed by atoms with E-state index in [9.17, 15) is 0 Å². The zero-order valence-electron chi connectivity index (χ0n) is 14.7. The molecule has 1 saturated carbocycles. The van der Waals surface area contributed by atoms with Gasteiger partial charge in [0.15, 0.2) is 0 Å². The average molecular weight is 296 g/mol. The Kier molecular flexibility index (Phi) is 5.72. The zero-order chi connectivity index (χ0) is 15.5. The number of nitrogens with zero attached hydrogens (tertiary/aromatic N) is 1. The number of rotatable bonds is 4. The Bertz CT molecular complexity index is 326. The Morgan fingerprint density at radius 2 is 1.95 bits per heavy atom. The van der Waals surface area contributed by atoms with Crippen molar-refractivity contribution in [3.8, 4) is 0 Å². The quantitative estimate of drug-likeness (QED) is 0.809. The van der Waals surface area contributed by atoms with E-state index >= 15 is 0 Å². The minimum Gasteiger partial charge on any atom is -0.384 e. The number of hydrogen-bond acceptors (Lipinski definition) is 3. The van der Waals surface area contributed by atoms with Crippen molar-refractivity contribution >= 4 is 0 Å². The van der Waals surface area contributed by atoms with Gasteiger partial charge in [-0.1, -0.05) is 27.2 Å². The lowest BCUT2D eigenvalue weighted by molar-refractivity contribution is 0.0861. The Morgan fingerprint density at radius 1 is 1.19 bits per heavy atom. The standard InChI is InChI=1S/C18H36N2O/c1-17(2,3)16-6-5-9-18(14-19,10-7-16)20-11-8-15(12-20)13-21-4/h15-16H,5-14,19H2,1-4H3. The summed E-state index contributed by atoms with van der Waals surface area (Å²) in [6, 6.07) is 0. The first-order chi connectivity index (χ1) is 9.91. The summed E-state index contributed by atoms with van der Waals surface area (Å²) >= 11 is 0. The van der Waals surface area contributed by atoms with E-state index < -0.39 is 0 Å². The van der Waals surface area contributed by atoms with Crippen molar-refractivity contribution in [2.75, 3.05) is 33.4 Å². The minimum absolute atomic E-state index is 0.266. The van der Waals surface area contributed by atoms with E-state index in [0.29, 0.717) is 11.3 Å². The van der Waals surface area contributed by atoms with Gasteiger partial charge in [-0.15, -0.1) is 0 Å². The van der Waals surface area contributed by atoms with Gasteiger partial charge in [0, 0.05) is 25.7 Å². The van der Waals surface area contributed by atoms with Crippen LogP contribution in [0, 0.1) is 17.3 Å². The van der Waals surface area contributed by atoms with Crippen LogP contribution in [-0.4, -0.2) is 43.8 Å². The molecule has 3 atom stereocenters. The van der Waals surface area contributed by atoms with Crippen LogP contribution < -0.4 is 5.73 Å². The molecule has 1 heterocycles. The third-order valence-corrected chi connectivity index (χ3v) is 6.12. The molecule has 0 bridgehead atoms. The van der Waals surface area contributed by atoms with Gasteiger partial charge >= 0.3 is 0 Å². The number of hydrogen-bond donors (Lipinski definition) is 1. The highest BCUT2D eigenvalue weighted by atomic mass is 16.5. The van der Waals surface area contributed by atoms with Gasteiger partial charge in [-0.25, -0.2) is 0 Å². The summed E-state index contributed by atoms with van der Waals surface area (Å²) in [5, 5.41) is 0. The molecular weight excluding hydrogens is 260 g/mol. The molecule has 2 aliphatic rings. The third kappa shape index (κ3) is 4.00. The van der Waals surface area contributed by atoms with Crippen LogP contribution in [0.2, 0.25) is 0 Å². The molecular formula is C18H36N2O. The minimum atomic E-state index is 0.266. The first-order valence-corrected chi connectivity index (χ1v) is 8.85. The zero-order valence-corrected chi connectivity index (χ0v) is 14.7. The van der Waals surface area contributed by atoms with Crippen LogP contribution in [-0.2, 0) is 4.74 Å². The van der Waals surface area contributed by atoms with Crippen LogP contribution in [0.15, 0.2) is 0 Å². The highest BCUT2D eigenvalue weighted by molar-refractivity contribution is 4.98. The average Bonchev–Trinajstić information content (AvgIpc) is 2.77. The third-order valence-electron chi connectivity index (χ3n) is 6.12. The summed E-state index contributed by atoms with van der Waals surface area (Å²) < 4.78 is 5.36. The van der Waals surface area contributed by atoms with E-state index in [2.05, 4.69) is 25.7 Å².